The molecule has 1 fully saturated rings. The molecule has 6 heteroatoms. The number of pyridine rings is 1. The number of methoxy groups -OCH3 is 1. The Bertz CT molecular complexity index is 1090. The van der Waals surface area contributed by atoms with Gasteiger partial charge >= 0.3 is 0 Å². The lowest BCUT2D eigenvalue weighted by Gasteiger charge is -2.03. The average Bonchev–Trinajstić information content (AvgIpc) is 3.07. The first-order chi connectivity index (χ1) is 13.7. The van der Waals surface area contributed by atoms with Gasteiger partial charge in [0.05, 0.1) is 17.5 Å². The van der Waals surface area contributed by atoms with Gasteiger partial charge in [0.2, 0.25) is 0 Å². The number of rotatable bonds is 5. The Morgan fingerprint density at radius 3 is 3.00 bits per heavy atom. The van der Waals surface area contributed by atoms with Crippen molar-refractivity contribution in [1.29, 1.82) is 0 Å². The van der Waals surface area contributed by atoms with Gasteiger partial charge in [-0.15, -0.1) is 0 Å². The lowest BCUT2D eigenvalue weighted by atomic mass is 10.1. The third kappa shape index (κ3) is 4.23. The Kier molecular flexibility index (Phi) is 5.39. The number of carbonyl (C=O) groups excluding carboxylic acids is 1. The molecule has 1 aromatic heterocycles. The highest BCUT2D eigenvalue weighted by molar-refractivity contribution is 8.18. The normalized spacial score (nSPS) is 16.7. The van der Waals surface area contributed by atoms with Crippen LogP contribution in [0.1, 0.15) is 11.1 Å². The average molecular weight is 389 g/mol. The summed E-state index contributed by atoms with van der Waals surface area (Å²) in [5.74, 6) is 0.723. The summed E-state index contributed by atoms with van der Waals surface area (Å²) in [5, 5.41) is 4.53. The van der Waals surface area contributed by atoms with E-state index in [4.69, 9.17) is 4.74 Å². The van der Waals surface area contributed by atoms with E-state index >= 15 is 0 Å². The van der Waals surface area contributed by atoms with E-state index in [1.54, 1.807) is 13.3 Å². The number of amides is 1. The fourth-order valence-electron chi connectivity index (χ4n) is 2.95. The van der Waals surface area contributed by atoms with Gasteiger partial charge < -0.3 is 10.1 Å². The van der Waals surface area contributed by atoms with Gasteiger partial charge in [0.25, 0.3) is 5.91 Å². The van der Waals surface area contributed by atoms with Gasteiger partial charge in [-0.25, -0.2) is 0 Å². The first-order valence-corrected chi connectivity index (χ1v) is 9.76. The van der Waals surface area contributed by atoms with Crippen molar-refractivity contribution in [3.63, 3.8) is 0 Å². The molecule has 0 unspecified atom stereocenters. The van der Waals surface area contributed by atoms with E-state index in [-0.39, 0.29) is 5.91 Å². The van der Waals surface area contributed by atoms with Crippen LogP contribution in [-0.2, 0) is 11.2 Å². The van der Waals surface area contributed by atoms with E-state index in [0.717, 1.165) is 34.2 Å². The van der Waals surface area contributed by atoms with Gasteiger partial charge in [-0.3, -0.25) is 14.8 Å². The molecule has 1 aliphatic rings. The minimum atomic E-state index is -0.114. The van der Waals surface area contributed by atoms with Crippen LogP contribution in [0.25, 0.3) is 17.0 Å². The summed E-state index contributed by atoms with van der Waals surface area (Å²) in [5.41, 5.74) is 3.06. The van der Waals surface area contributed by atoms with Gasteiger partial charge in [0, 0.05) is 18.1 Å². The standard InChI is InChI=1S/C22H19N3O2S/c1-27-18-6-2-4-15(13-18)9-11-24-22-25-21(26)20(28-22)14-16-7-8-19-17(12-16)5-3-10-23-19/h2-8,10,12-14H,9,11H2,1H3,(H,24,25,26). The summed E-state index contributed by atoms with van der Waals surface area (Å²) in [6.45, 7) is 0.602. The number of hydrogen-bond acceptors (Lipinski definition) is 5. The van der Waals surface area contributed by atoms with Crippen molar-refractivity contribution >= 4 is 39.8 Å². The molecule has 0 radical (unpaired) electrons. The third-order valence-corrected chi connectivity index (χ3v) is 5.31. The highest BCUT2D eigenvalue weighted by Crippen LogP contribution is 2.27. The third-order valence-electron chi connectivity index (χ3n) is 4.37. The second-order valence-electron chi connectivity index (χ2n) is 6.31. The summed E-state index contributed by atoms with van der Waals surface area (Å²) in [7, 11) is 1.66. The van der Waals surface area contributed by atoms with Crippen molar-refractivity contribution in [1.82, 2.24) is 10.3 Å². The number of aliphatic imine (C=N–C) groups is 1. The SMILES string of the molecule is COc1cccc(CCN=C2NC(=O)C(=Cc3ccc4ncccc4c3)S2)c1. The lowest BCUT2D eigenvalue weighted by Crippen LogP contribution is -2.20. The van der Waals surface area contributed by atoms with E-state index in [1.165, 1.54) is 11.8 Å². The Hall–Kier alpha value is -3.12. The van der Waals surface area contributed by atoms with Crippen LogP contribution < -0.4 is 10.1 Å². The number of thioether (sulfide) groups is 1. The largest absolute Gasteiger partial charge is 0.497 e. The monoisotopic (exact) mass is 389 g/mol. The fourth-order valence-corrected chi connectivity index (χ4v) is 3.80. The highest BCUT2D eigenvalue weighted by atomic mass is 32.2. The first kappa shape index (κ1) is 18.3. The van der Waals surface area contributed by atoms with Gasteiger partial charge in [-0.2, -0.15) is 0 Å². The number of aromatic nitrogens is 1. The van der Waals surface area contributed by atoms with Crippen LogP contribution in [0.3, 0.4) is 0 Å². The Morgan fingerprint density at radius 2 is 2.11 bits per heavy atom. The second kappa shape index (κ2) is 8.27. The van der Waals surface area contributed by atoms with E-state index in [2.05, 4.69) is 15.3 Å². The summed E-state index contributed by atoms with van der Waals surface area (Å²) < 4.78 is 5.24. The van der Waals surface area contributed by atoms with E-state index < -0.39 is 0 Å². The summed E-state index contributed by atoms with van der Waals surface area (Å²) in [4.78, 5) is 21.7. The molecule has 0 saturated carbocycles. The molecule has 0 atom stereocenters. The van der Waals surface area contributed by atoms with Gasteiger partial charge in [-0.1, -0.05) is 24.3 Å². The van der Waals surface area contributed by atoms with Crippen LogP contribution in [0.2, 0.25) is 0 Å². The van der Waals surface area contributed by atoms with Crippen molar-refractivity contribution in [3.8, 4) is 5.75 Å². The molecule has 3 aromatic rings. The number of amidine groups is 1. The van der Waals surface area contributed by atoms with Crippen molar-refractivity contribution in [3.05, 3.63) is 76.8 Å². The molecule has 2 heterocycles. The minimum Gasteiger partial charge on any atom is -0.497 e. The maximum atomic E-state index is 12.3. The molecule has 28 heavy (non-hydrogen) atoms. The number of nitrogens with zero attached hydrogens (tertiary/aromatic N) is 2. The predicted octanol–water partition coefficient (Wildman–Crippen LogP) is 4.05. The van der Waals surface area contributed by atoms with Crippen LogP contribution in [0, 0.1) is 0 Å². The molecule has 5 nitrogen and oxygen atoms in total. The van der Waals surface area contributed by atoms with Crippen LogP contribution in [0.4, 0.5) is 0 Å². The molecular weight excluding hydrogens is 370 g/mol. The molecule has 1 saturated heterocycles. The van der Waals surface area contributed by atoms with Crippen molar-refractivity contribution in [2.45, 2.75) is 6.42 Å². The number of fused-ring (bicyclic) bond motifs is 1. The molecule has 1 N–H and O–H groups in total. The van der Waals surface area contributed by atoms with Crippen LogP contribution >= 0.6 is 11.8 Å². The molecule has 140 valence electrons. The molecule has 0 spiro atoms. The summed E-state index contributed by atoms with van der Waals surface area (Å²) in [6.07, 6.45) is 4.44. The number of carbonyl (C=O) groups is 1. The van der Waals surface area contributed by atoms with Crippen molar-refractivity contribution < 1.29 is 9.53 Å². The van der Waals surface area contributed by atoms with E-state index in [9.17, 15) is 4.79 Å². The number of benzene rings is 2. The van der Waals surface area contributed by atoms with Gasteiger partial charge in [-0.05, 0) is 65.7 Å². The first-order valence-electron chi connectivity index (χ1n) is 8.94. The predicted molar refractivity (Wildman–Crippen MR) is 114 cm³/mol. The fraction of sp³-hybridized carbons (Fsp3) is 0.136. The Morgan fingerprint density at radius 1 is 1.18 bits per heavy atom. The van der Waals surface area contributed by atoms with Gasteiger partial charge in [0.15, 0.2) is 5.17 Å². The zero-order valence-corrected chi connectivity index (χ0v) is 16.2. The number of ether oxygens (including phenoxy) is 1. The van der Waals surface area contributed by atoms with Crippen molar-refractivity contribution in [2.24, 2.45) is 4.99 Å². The molecule has 1 aliphatic heterocycles. The quantitative estimate of drug-likeness (QED) is 0.669. The number of hydrogen-bond donors (Lipinski definition) is 1. The maximum Gasteiger partial charge on any atom is 0.264 e. The Balaban J connectivity index is 1.43. The summed E-state index contributed by atoms with van der Waals surface area (Å²) >= 11 is 1.37. The number of nitrogens with one attached hydrogen (secondary N) is 1. The minimum absolute atomic E-state index is 0.114. The molecule has 0 bridgehead atoms. The molecule has 0 aliphatic carbocycles. The molecule has 2 aromatic carbocycles. The summed E-state index contributed by atoms with van der Waals surface area (Å²) in [6, 6.07) is 17.8. The Labute approximate surface area is 167 Å². The topological polar surface area (TPSA) is 63.6 Å². The van der Waals surface area contributed by atoms with Crippen molar-refractivity contribution in [2.75, 3.05) is 13.7 Å². The molecule has 4 rings (SSSR count). The lowest BCUT2D eigenvalue weighted by molar-refractivity contribution is -0.115. The van der Waals surface area contributed by atoms with Crippen LogP contribution in [0.15, 0.2) is 70.7 Å². The zero-order valence-electron chi connectivity index (χ0n) is 15.4. The molecular formula is C22H19N3O2S. The highest BCUT2D eigenvalue weighted by Gasteiger charge is 2.23. The maximum absolute atomic E-state index is 12.3. The van der Waals surface area contributed by atoms with E-state index in [0.29, 0.717) is 16.6 Å². The zero-order chi connectivity index (χ0) is 19.3. The second-order valence-corrected chi connectivity index (χ2v) is 7.34. The smallest absolute Gasteiger partial charge is 0.264 e. The van der Waals surface area contributed by atoms with Crippen LogP contribution in [0.5, 0.6) is 5.75 Å². The van der Waals surface area contributed by atoms with E-state index in [1.807, 2.05) is 60.7 Å². The van der Waals surface area contributed by atoms with Gasteiger partial charge in [0.1, 0.15) is 5.75 Å². The molecule has 1 amide bonds. The van der Waals surface area contributed by atoms with Crippen LogP contribution in [-0.4, -0.2) is 29.7 Å².